The van der Waals surface area contributed by atoms with Crippen molar-refractivity contribution in [1.82, 2.24) is 0 Å². The van der Waals surface area contributed by atoms with Crippen molar-refractivity contribution in [3.05, 3.63) is 29.3 Å². The second-order valence-electron chi connectivity index (χ2n) is 7.55. The molecule has 22 heavy (non-hydrogen) atoms. The highest BCUT2D eigenvalue weighted by Gasteiger charge is 2.33. The van der Waals surface area contributed by atoms with E-state index in [1.54, 1.807) is 0 Å². The average molecular weight is 304 g/mol. The first-order chi connectivity index (χ1) is 10.2. The van der Waals surface area contributed by atoms with Gasteiger partial charge >= 0.3 is 6.16 Å². The Balaban J connectivity index is 2.14. The van der Waals surface area contributed by atoms with Crippen molar-refractivity contribution in [2.24, 2.45) is 11.8 Å². The number of rotatable bonds is 3. The second kappa shape index (κ2) is 6.31. The van der Waals surface area contributed by atoms with Gasteiger partial charge in [-0.3, -0.25) is 0 Å². The predicted molar refractivity (Wildman–Crippen MR) is 88.4 cm³/mol. The minimum atomic E-state index is -0.641. The normalized spacial score (nSPS) is 20.9. The highest BCUT2D eigenvalue weighted by atomic mass is 16.7. The van der Waals surface area contributed by atoms with Crippen LogP contribution in [0.15, 0.2) is 18.2 Å². The van der Waals surface area contributed by atoms with Crippen molar-refractivity contribution in [2.75, 3.05) is 0 Å². The number of carbonyl (C=O) groups excluding carboxylic acids is 1. The topological polar surface area (TPSA) is 35.5 Å². The van der Waals surface area contributed by atoms with Crippen LogP contribution in [0.3, 0.4) is 0 Å². The zero-order valence-electron chi connectivity index (χ0n) is 14.6. The molecule has 0 spiro atoms. The summed E-state index contributed by atoms with van der Waals surface area (Å²) in [6, 6.07) is 6.00. The third kappa shape index (κ3) is 3.82. The lowest BCUT2D eigenvalue weighted by Crippen LogP contribution is -2.26. The summed E-state index contributed by atoms with van der Waals surface area (Å²) in [5, 5.41) is 0. The lowest BCUT2D eigenvalue weighted by molar-refractivity contribution is 0.0206. The molecule has 0 aliphatic heterocycles. The average Bonchev–Trinajstić information content (AvgIpc) is 2.74. The fourth-order valence-corrected chi connectivity index (χ4v) is 3.40. The van der Waals surface area contributed by atoms with Crippen molar-refractivity contribution in [1.29, 1.82) is 0 Å². The van der Waals surface area contributed by atoms with E-state index >= 15 is 0 Å². The molecule has 2 unspecified atom stereocenters. The molecule has 1 aromatic rings. The van der Waals surface area contributed by atoms with Gasteiger partial charge < -0.3 is 9.47 Å². The molecule has 1 aliphatic rings. The third-order valence-electron chi connectivity index (χ3n) is 4.37. The van der Waals surface area contributed by atoms with Gasteiger partial charge in [0.2, 0.25) is 0 Å². The van der Waals surface area contributed by atoms with Crippen molar-refractivity contribution in [3.8, 4) is 5.75 Å². The van der Waals surface area contributed by atoms with E-state index in [1.807, 2.05) is 32.9 Å². The molecule has 0 N–H and O–H groups in total. The molecule has 1 aromatic carbocycles. The van der Waals surface area contributed by atoms with Gasteiger partial charge in [-0.25, -0.2) is 4.79 Å². The van der Waals surface area contributed by atoms with E-state index in [9.17, 15) is 4.79 Å². The predicted octanol–water partition coefficient (Wildman–Crippen LogP) is 5.32. The first-order valence-corrected chi connectivity index (χ1v) is 8.25. The van der Waals surface area contributed by atoms with Gasteiger partial charge in [0.25, 0.3) is 0 Å². The van der Waals surface area contributed by atoms with Gasteiger partial charge in [0.1, 0.15) is 11.4 Å². The Morgan fingerprint density at radius 2 is 2.00 bits per heavy atom. The Kier molecular flexibility index (Phi) is 4.84. The van der Waals surface area contributed by atoms with Crippen molar-refractivity contribution in [3.63, 3.8) is 0 Å². The minimum Gasteiger partial charge on any atom is -0.428 e. The van der Waals surface area contributed by atoms with E-state index < -0.39 is 11.8 Å². The van der Waals surface area contributed by atoms with Gasteiger partial charge in [0, 0.05) is 0 Å². The molecule has 0 saturated carbocycles. The molecule has 0 radical (unpaired) electrons. The number of fused-ring (bicyclic) bond motifs is 1. The number of ether oxygens (including phenoxy) is 2. The van der Waals surface area contributed by atoms with Crippen LogP contribution in [0.25, 0.3) is 0 Å². The molecule has 122 valence electrons. The standard InChI is InChI=1S/C19H28O3/c1-7-15-16-9-8-14(21-18(20)22-19(4,5)6)10-13(16)11-17(15)12(2)3/h8-10,12,15,17H,7,11H2,1-6H3. The molecule has 2 atom stereocenters. The van der Waals surface area contributed by atoms with Crippen molar-refractivity contribution in [2.45, 2.75) is 65.9 Å². The van der Waals surface area contributed by atoms with Gasteiger partial charge in [0.15, 0.2) is 0 Å². The zero-order valence-corrected chi connectivity index (χ0v) is 14.6. The number of benzene rings is 1. The van der Waals surface area contributed by atoms with Crippen LogP contribution < -0.4 is 4.74 Å². The molecule has 1 aliphatic carbocycles. The fraction of sp³-hybridized carbons (Fsp3) is 0.632. The van der Waals surface area contributed by atoms with Gasteiger partial charge in [-0.1, -0.05) is 26.8 Å². The molecule has 0 heterocycles. The summed E-state index contributed by atoms with van der Waals surface area (Å²) in [5.41, 5.74) is 2.19. The van der Waals surface area contributed by atoms with Gasteiger partial charge in [-0.05, 0) is 74.6 Å². The van der Waals surface area contributed by atoms with Crippen molar-refractivity contribution >= 4 is 6.16 Å². The molecule has 0 saturated heterocycles. The molecule has 3 heteroatoms. The molecular formula is C19H28O3. The van der Waals surface area contributed by atoms with E-state index in [2.05, 4.69) is 26.8 Å². The molecular weight excluding hydrogens is 276 g/mol. The summed E-state index contributed by atoms with van der Waals surface area (Å²) in [6.07, 6.45) is 1.58. The van der Waals surface area contributed by atoms with Crippen LogP contribution in [0, 0.1) is 11.8 Å². The monoisotopic (exact) mass is 304 g/mol. The van der Waals surface area contributed by atoms with Crippen LogP contribution in [0.4, 0.5) is 4.79 Å². The molecule has 0 bridgehead atoms. The lowest BCUT2D eigenvalue weighted by Gasteiger charge is -2.22. The number of carbonyl (C=O) groups is 1. The van der Waals surface area contributed by atoms with Crippen LogP contribution >= 0.6 is 0 Å². The largest absolute Gasteiger partial charge is 0.514 e. The summed E-state index contributed by atoms with van der Waals surface area (Å²) in [5.74, 6) is 2.53. The lowest BCUT2D eigenvalue weighted by atomic mass is 9.83. The van der Waals surface area contributed by atoms with Crippen LogP contribution in [0.1, 0.15) is 65.0 Å². The van der Waals surface area contributed by atoms with Crippen LogP contribution in [0.2, 0.25) is 0 Å². The SMILES string of the molecule is CCC1c2ccc(OC(=O)OC(C)(C)C)cc2CC1C(C)C. The molecule has 0 aromatic heterocycles. The highest BCUT2D eigenvalue weighted by Crippen LogP contribution is 2.44. The van der Waals surface area contributed by atoms with Gasteiger partial charge in [-0.15, -0.1) is 0 Å². The summed E-state index contributed by atoms with van der Waals surface area (Å²) in [6.45, 7) is 12.3. The van der Waals surface area contributed by atoms with Crippen LogP contribution in [-0.2, 0) is 11.2 Å². The first kappa shape index (κ1) is 16.9. The second-order valence-corrected chi connectivity index (χ2v) is 7.55. The van der Waals surface area contributed by atoms with E-state index in [-0.39, 0.29) is 0 Å². The third-order valence-corrected chi connectivity index (χ3v) is 4.37. The highest BCUT2D eigenvalue weighted by molar-refractivity contribution is 5.64. The van der Waals surface area contributed by atoms with E-state index in [1.165, 1.54) is 11.1 Å². The number of hydrogen-bond donors (Lipinski definition) is 0. The van der Waals surface area contributed by atoms with E-state index in [0.717, 1.165) is 12.8 Å². The Bertz CT molecular complexity index is 540. The minimum absolute atomic E-state index is 0.538. The summed E-state index contributed by atoms with van der Waals surface area (Å²) < 4.78 is 10.5. The maximum absolute atomic E-state index is 11.8. The maximum atomic E-state index is 11.8. The summed E-state index contributed by atoms with van der Waals surface area (Å²) >= 11 is 0. The summed E-state index contributed by atoms with van der Waals surface area (Å²) in [7, 11) is 0. The molecule has 0 amide bonds. The smallest absolute Gasteiger partial charge is 0.428 e. The Morgan fingerprint density at radius 1 is 1.32 bits per heavy atom. The van der Waals surface area contributed by atoms with E-state index in [0.29, 0.717) is 23.5 Å². The van der Waals surface area contributed by atoms with Crippen molar-refractivity contribution < 1.29 is 14.3 Å². The molecule has 2 rings (SSSR count). The maximum Gasteiger partial charge on any atom is 0.514 e. The zero-order chi connectivity index (χ0) is 16.5. The van der Waals surface area contributed by atoms with Gasteiger partial charge in [0.05, 0.1) is 0 Å². The van der Waals surface area contributed by atoms with E-state index in [4.69, 9.17) is 9.47 Å². The Labute approximate surface area is 134 Å². The van der Waals surface area contributed by atoms with Crippen LogP contribution in [-0.4, -0.2) is 11.8 Å². The number of hydrogen-bond acceptors (Lipinski definition) is 3. The Hall–Kier alpha value is -1.51. The molecule has 0 fully saturated rings. The first-order valence-electron chi connectivity index (χ1n) is 8.25. The van der Waals surface area contributed by atoms with Crippen LogP contribution in [0.5, 0.6) is 5.75 Å². The Morgan fingerprint density at radius 3 is 2.55 bits per heavy atom. The summed E-state index contributed by atoms with van der Waals surface area (Å²) in [4.78, 5) is 11.8. The quantitative estimate of drug-likeness (QED) is 0.560. The fourth-order valence-electron chi connectivity index (χ4n) is 3.40. The van der Waals surface area contributed by atoms with Gasteiger partial charge in [-0.2, -0.15) is 0 Å². The molecule has 3 nitrogen and oxygen atoms in total.